The van der Waals surface area contributed by atoms with E-state index in [0.29, 0.717) is 16.8 Å². The maximum atomic E-state index is 12.9. The van der Waals surface area contributed by atoms with E-state index in [9.17, 15) is 4.79 Å². The van der Waals surface area contributed by atoms with Crippen LogP contribution in [0.15, 0.2) is 60.7 Å². The van der Waals surface area contributed by atoms with E-state index in [4.69, 9.17) is 10.7 Å². The highest BCUT2D eigenvalue weighted by Gasteiger charge is 2.28. The summed E-state index contributed by atoms with van der Waals surface area (Å²) in [6, 6.07) is 19.4. The van der Waals surface area contributed by atoms with Crippen LogP contribution in [0.4, 0.5) is 5.69 Å². The van der Waals surface area contributed by atoms with Crippen molar-refractivity contribution in [3.05, 3.63) is 71.8 Å². The minimum Gasteiger partial charge on any atom is -0.398 e. The van der Waals surface area contributed by atoms with Gasteiger partial charge in [0.1, 0.15) is 0 Å². The number of nitrogens with two attached hydrogens (primary N) is 1. The monoisotopic (exact) mass is 296 g/mol. The van der Waals surface area contributed by atoms with Crippen LogP contribution >= 0.6 is 0 Å². The SMILES string of the molecule is Nc1ccc2nc3ccccc3c3c2c1C(=O)c1ccccc1-3. The van der Waals surface area contributed by atoms with Gasteiger partial charge in [-0.3, -0.25) is 4.79 Å². The molecule has 108 valence electrons. The quantitative estimate of drug-likeness (QED) is 0.344. The van der Waals surface area contributed by atoms with Crippen molar-refractivity contribution in [1.29, 1.82) is 0 Å². The Balaban J connectivity index is 2.15. The predicted molar refractivity (Wildman–Crippen MR) is 92.5 cm³/mol. The molecule has 23 heavy (non-hydrogen) atoms. The molecule has 2 N–H and O–H groups in total. The summed E-state index contributed by atoms with van der Waals surface area (Å²) in [5, 5.41) is 1.92. The largest absolute Gasteiger partial charge is 0.398 e. The molecule has 1 aliphatic rings. The van der Waals surface area contributed by atoms with Crippen molar-refractivity contribution in [3.8, 4) is 11.1 Å². The van der Waals surface area contributed by atoms with Crippen LogP contribution in [0, 0.1) is 0 Å². The van der Waals surface area contributed by atoms with Crippen LogP contribution < -0.4 is 5.73 Å². The number of anilines is 1. The lowest BCUT2D eigenvalue weighted by Crippen LogP contribution is -2.13. The van der Waals surface area contributed by atoms with Crippen LogP contribution in [0.2, 0.25) is 0 Å². The first-order valence-corrected chi connectivity index (χ1v) is 7.51. The van der Waals surface area contributed by atoms with Gasteiger partial charge in [0.05, 0.1) is 16.6 Å². The lowest BCUT2D eigenvalue weighted by molar-refractivity contribution is 0.104. The van der Waals surface area contributed by atoms with Gasteiger partial charge < -0.3 is 5.73 Å². The molecule has 1 heterocycles. The van der Waals surface area contributed by atoms with E-state index in [-0.39, 0.29) is 5.78 Å². The van der Waals surface area contributed by atoms with Gasteiger partial charge in [-0.2, -0.15) is 0 Å². The average molecular weight is 296 g/mol. The lowest BCUT2D eigenvalue weighted by atomic mass is 9.82. The predicted octanol–water partition coefficient (Wildman–Crippen LogP) is 4.18. The smallest absolute Gasteiger partial charge is 0.196 e. The van der Waals surface area contributed by atoms with Crippen molar-refractivity contribution in [1.82, 2.24) is 4.98 Å². The first kappa shape index (κ1) is 12.4. The van der Waals surface area contributed by atoms with Gasteiger partial charge in [0.2, 0.25) is 0 Å². The average Bonchev–Trinajstić information content (AvgIpc) is 2.59. The molecule has 0 saturated heterocycles. The molecule has 5 rings (SSSR count). The summed E-state index contributed by atoms with van der Waals surface area (Å²) in [5.41, 5.74) is 11.7. The number of nitrogen functional groups attached to an aromatic ring is 1. The van der Waals surface area contributed by atoms with Gasteiger partial charge >= 0.3 is 0 Å². The molecule has 1 aliphatic carbocycles. The number of rotatable bonds is 0. The maximum absolute atomic E-state index is 12.9. The first-order chi connectivity index (χ1) is 11.3. The summed E-state index contributed by atoms with van der Waals surface area (Å²) >= 11 is 0. The Morgan fingerprint density at radius 3 is 2.35 bits per heavy atom. The zero-order chi connectivity index (χ0) is 15.6. The van der Waals surface area contributed by atoms with Gasteiger partial charge in [-0.15, -0.1) is 0 Å². The van der Waals surface area contributed by atoms with Crippen molar-refractivity contribution < 1.29 is 4.79 Å². The molecular weight excluding hydrogens is 284 g/mol. The Morgan fingerprint density at radius 1 is 0.739 bits per heavy atom. The van der Waals surface area contributed by atoms with Crippen LogP contribution in [0.5, 0.6) is 0 Å². The van der Waals surface area contributed by atoms with E-state index in [2.05, 4.69) is 6.07 Å². The van der Waals surface area contributed by atoms with Crippen molar-refractivity contribution in [3.63, 3.8) is 0 Å². The van der Waals surface area contributed by atoms with Crippen LogP contribution in [-0.2, 0) is 0 Å². The van der Waals surface area contributed by atoms with E-state index in [1.54, 1.807) is 6.07 Å². The van der Waals surface area contributed by atoms with E-state index in [0.717, 1.165) is 32.9 Å². The molecule has 0 bridgehead atoms. The molecule has 0 saturated carbocycles. The number of fused-ring (bicyclic) bond motifs is 4. The van der Waals surface area contributed by atoms with Crippen molar-refractivity contribution >= 4 is 33.3 Å². The zero-order valence-corrected chi connectivity index (χ0v) is 12.2. The minimum absolute atomic E-state index is 0.0201. The molecule has 0 spiro atoms. The third-order valence-corrected chi connectivity index (χ3v) is 4.55. The minimum atomic E-state index is -0.0201. The van der Waals surface area contributed by atoms with Crippen molar-refractivity contribution in [2.75, 3.05) is 5.73 Å². The second-order valence-electron chi connectivity index (χ2n) is 5.80. The number of aromatic nitrogens is 1. The zero-order valence-electron chi connectivity index (χ0n) is 12.2. The molecule has 0 fully saturated rings. The van der Waals surface area contributed by atoms with E-state index < -0.39 is 0 Å². The highest BCUT2D eigenvalue weighted by atomic mass is 16.1. The van der Waals surface area contributed by atoms with Gasteiger partial charge in [0.25, 0.3) is 0 Å². The van der Waals surface area contributed by atoms with Gasteiger partial charge in [-0.25, -0.2) is 4.98 Å². The van der Waals surface area contributed by atoms with Crippen LogP contribution in [0.1, 0.15) is 15.9 Å². The van der Waals surface area contributed by atoms with Gasteiger partial charge in [-0.05, 0) is 23.8 Å². The molecule has 4 aromatic rings. The highest BCUT2D eigenvalue weighted by molar-refractivity contribution is 6.30. The summed E-state index contributed by atoms with van der Waals surface area (Å²) in [5.74, 6) is -0.0201. The fourth-order valence-electron chi connectivity index (χ4n) is 3.56. The van der Waals surface area contributed by atoms with Gasteiger partial charge in [0.15, 0.2) is 5.78 Å². The van der Waals surface area contributed by atoms with Gasteiger partial charge in [0, 0.05) is 27.6 Å². The Bertz CT molecular complexity index is 1150. The molecular formula is C20H12N2O. The number of carbonyl (C=O) groups is 1. The number of ketones is 1. The first-order valence-electron chi connectivity index (χ1n) is 7.51. The topological polar surface area (TPSA) is 56.0 Å². The summed E-state index contributed by atoms with van der Waals surface area (Å²) < 4.78 is 0. The van der Waals surface area contributed by atoms with Crippen LogP contribution in [0.25, 0.3) is 32.9 Å². The third-order valence-electron chi connectivity index (χ3n) is 4.55. The maximum Gasteiger partial charge on any atom is 0.196 e. The van der Waals surface area contributed by atoms with Crippen LogP contribution in [-0.4, -0.2) is 10.8 Å². The molecule has 0 atom stereocenters. The molecule has 3 nitrogen and oxygen atoms in total. The summed E-state index contributed by atoms with van der Waals surface area (Å²) in [4.78, 5) is 17.7. The van der Waals surface area contributed by atoms with Crippen molar-refractivity contribution in [2.24, 2.45) is 0 Å². The molecule has 0 aliphatic heterocycles. The van der Waals surface area contributed by atoms with Gasteiger partial charge in [-0.1, -0.05) is 42.5 Å². The lowest BCUT2D eigenvalue weighted by Gasteiger charge is -2.22. The molecule has 1 aromatic heterocycles. The Hall–Kier alpha value is -3.20. The molecule has 3 heteroatoms. The van der Waals surface area contributed by atoms with E-state index in [1.807, 2.05) is 48.5 Å². The summed E-state index contributed by atoms with van der Waals surface area (Å²) in [7, 11) is 0. The number of pyridine rings is 1. The van der Waals surface area contributed by atoms with Crippen LogP contribution in [0.3, 0.4) is 0 Å². The van der Waals surface area contributed by atoms with Crippen molar-refractivity contribution in [2.45, 2.75) is 0 Å². The molecule has 0 amide bonds. The highest BCUT2D eigenvalue weighted by Crippen LogP contribution is 2.44. The number of nitrogens with zero attached hydrogens (tertiary/aromatic N) is 1. The number of carbonyl (C=O) groups excluding carboxylic acids is 1. The Kier molecular flexibility index (Phi) is 2.24. The number of para-hydroxylation sites is 1. The Morgan fingerprint density at radius 2 is 1.48 bits per heavy atom. The summed E-state index contributed by atoms with van der Waals surface area (Å²) in [6.45, 7) is 0. The second kappa shape index (κ2) is 4.17. The Labute approximate surface area is 132 Å². The molecule has 3 aromatic carbocycles. The fourth-order valence-corrected chi connectivity index (χ4v) is 3.56. The van der Waals surface area contributed by atoms with E-state index >= 15 is 0 Å². The fraction of sp³-hybridized carbons (Fsp3) is 0. The number of hydrogen-bond donors (Lipinski definition) is 1. The standard InChI is InChI=1S/C20H12N2O/c21-14-9-10-16-19-17(13-7-3-4-8-15(13)22-16)11-5-1-2-6-12(11)20(23)18(14)19/h1-10H,21H2. The number of benzene rings is 3. The number of hydrogen-bond acceptors (Lipinski definition) is 3. The third kappa shape index (κ3) is 1.48. The molecule has 0 unspecified atom stereocenters. The summed E-state index contributed by atoms with van der Waals surface area (Å²) in [6.07, 6.45) is 0. The van der Waals surface area contributed by atoms with E-state index in [1.165, 1.54) is 0 Å². The molecule has 0 radical (unpaired) electrons. The normalized spacial score (nSPS) is 12.6. The second-order valence-corrected chi connectivity index (χ2v) is 5.80.